The summed E-state index contributed by atoms with van der Waals surface area (Å²) in [5.41, 5.74) is 4.12. The van der Waals surface area contributed by atoms with Gasteiger partial charge in [-0.25, -0.2) is 0 Å². The van der Waals surface area contributed by atoms with Gasteiger partial charge in [0.1, 0.15) is 5.78 Å². The molecule has 4 rings (SSSR count). The van der Waals surface area contributed by atoms with Crippen molar-refractivity contribution in [2.24, 2.45) is 13.0 Å². The van der Waals surface area contributed by atoms with E-state index in [1.807, 2.05) is 31.3 Å². The SMILES string of the molecule is CN1CCC(C(=O)Cc2cc3cc(-c4cnn(C)c4CO)ccc3nn2)CC1. The zero-order valence-electron chi connectivity index (χ0n) is 16.3. The van der Waals surface area contributed by atoms with E-state index in [1.54, 1.807) is 10.9 Å². The van der Waals surface area contributed by atoms with E-state index in [0.29, 0.717) is 12.1 Å². The lowest BCUT2D eigenvalue weighted by molar-refractivity contribution is -0.123. The molecule has 2 aromatic heterocycles. The number of benzene rings is 1. The summed E-state index contributed by atoms with van der Waals surface area (Å²) in [5.74, 6) is 0.385. The van der Waals surface area contributed by atoms with Crippen LogP contribution in [0.5, 0.6) is 0 Å². The fourth-order valence-corrected chi connectivity index (χ4v) is 3.89. The van der Waals surface area contributed by atoms with Crippen molar-refractivity contribution in [3.05, 3.63) is 41.9 Å². The van der Waals surface area contributed by atoms with E-state index in [1.165, 1.54) is 0 Å². The Morgan fingerprint density at radius 3 is 2.71 bits per heavy atom. The molecular formula is C21H25N5O2. The Labute approximate surface area is 164 Å². The first-order valence-corrected chi connectivity index (χ1v) is 9.65. The Hall–Kier alpha value is -2.64. The smallest absolute Gasteiger partial charge is 0.142 e. The molecule has 1 aromatic carbocycles. The molecule has 0 aliphatic carbocycles. The normalized spacial score (nSPS) is 16.0. The molecule has 28 heavy (non-hydrogen) atoms. The van der Waals surface area contributed by atoms with Crippen molar-refractivity contribution in [2.45, 2.75) is 25.9 Å². The highest BCUT2D eigenvalue weighted by molar-refractivity contribution is 5.87. The standard InChI is InChI=1S/C21H25N5O2/c1-25-7-5-14(6-8-25)21(28)11-17-10-16-9-15(3-4-19(16)24-23-17)18-12-22-26(2)20(18)13-27/h3-4,9-10,12,14,27H,5-8,11,13H2,1-2H3. The third-order valence-corrected chi connectivity index (χ3v) is 5.69. The van der Waals surface area contributed by atoms with Gasteiger partial charge in [0.25, 0.3) is 0 Å². The van der Waals surface area contributed by atoms with Crippen LogP contribution in [0.4, 0.5) is 0 Å². The fourth-order valence-electron chi connectivity index (χ4n) is 3.89. The Balaban J connectivity index is 1.58. The molecule has 1 aliphatic heterocycles. The van der Waals surface area contributed by atoms with Crippen molar-refractivity contribution >= 4 is 16.7 Å². The number of carbonyl (C=O) groups is 1. The van der Waals surface area contributed by atoms with Gasteiger partial charge < -0.3 is 10.0 Å². The molecule has 3 heterocycles. The number of aromatic nitrogens is 4. The number of aliphatic hydroxyl groups is 1. The molecule has 1 saturated heterocycles. The summed E-state index contributed by atoms with van der Waals surface area (Å²) in [7, 11) is 3.91. The topological polar surface area (TPSA) is 84.1 Å². The van der Waals surface area contributed by atoms with Gasteiger partial charge in [-0.2, -0.15) is 15.3 Å². The molecule has 0 spiro atoms. The molecule has 0 amide bonds. The maximum atomic E-state index is 12.7. The minimum Gasteiger partial charge on any atom is -0.390 e. The summed E-state index contributed by atoms with van der Waals surface area (Å²) in [5, 5.41) is 23.3. The van der Waals surface area contributed by atoms with Gasteiger partial charge in [-0.3, -0.25) is 9.48 Å². The number of ketones is 1. The van der Waals surface area contributed by atoms with E-state index in [9.17, 15) is 9.90 Å². The molecule has 0 bridgehead atoms. The van der Waals surface area contributed by atoms with Gasteiger partial charge in [0, 0.05) is 23.9 Å². The third-order valence-electron chi connectivity index (χ3n) is 5.69. The number of Topliss-reactive ketones (excluding diaryl/α,β-unsaturated/α-hetero) is 1. The van der Waals surface area contributed by atoms with Gasteiger partial charge in [-0.05, 0) is 56.7 Å². The molecule has 1 fully saturated rings. The van der Waals surface area contributed by atoms with Gasteiger partial charge in [0.2, 0.25) is 0 Å². The average Bonchev–Trinajstić information content (AvgIpc) is 3.08. The van der Waals surface area contributed by atoms with Gasteiger partial charge in [-0.1, -0.05) is 6.07 Å². The van der Waals surface area contributed by atoms with Crippen molar-refractivity contribution in [3.63, 3.8) is 0 Å². The van der Waals surface area contributed by atoms with Gasteiger partial charge in [0.15, 0.2) is 0 Å². The first-order valence-electron chi connectivity index (χ1n) is 9.65. The van der Waals surface area contributed by atoms with E-state index in [4.69, 9.17) is 0 Å². The summed E-state index contributed by atoms with van der Waals surface area (Å²) >= 11 is 0. The minimum absolute atomic E-state index is 0.0746. The van der Waals surface area contributed by atoms with Crippen LogP contribution in [-0.4, -0.2) is 55.9 Å². The van der Waals surface area contributed by atoms with Crippen LogP contribution in [0.3, 0.4) is 0 Å². The number of rotatable bonds is 5. The van der Waals surface area contributed by atoms with E-state index < -0.39 is 0 Å². The number of aryl methyl sites for hydroxylation is 1. The largest absolute Gasteiger partial charge is 0.390 e. The average molecular weight is 379 g/mol. The highest BCUT2D eigenvalue weighted by Crippen LogP contribution is 2.27. The molecule has 1 N–H and O–H groups in total. The first-order chi connectivity index (χ1) is 13.5. The maximum Gasteiger partial charge on any atom is 0.142 e. The molecule has 1 aliphatic rings. The van der Waals surface area contributed by atoms with Gasteiger partial charge in [0.05, 0.1) is 36.1 Å². The molecule has 3 aromatic rings. The van der Waals surface area contributed by atoms with E-state index >= 15 is 0 Å². The highest BCUT2D eigenvalue weighted by atomic mass is 16.3. The first kappa shape index (κ1) is 18.7. The van der Waals surface area contributed by atoms with Crippen molar-refractivity contribution in [1.29, 1.82) is 0 Å². The minimum atomic E-state index is -0.0746. The second-order valence-corrected chi connectivity index (χ2v) is 7.62. The Kier molecular flexibility index (Phi) is 5.19. The molecule has 0 unspecified atom stereocenters. The summed E-state index contributed by atoms with van der Waals surface area (Å²) in [6, 6.07) is 7.84. The molecule has 0 atom stereocenters. The van der Waals surface area contributed by atoms with E-state index in [-0.39, 0.29) is 18.3 Å². The van der Waals surface area contributed by atoms with Crippen LogP contribution in [0.25, 0.3) is 22.0 Å². The molecule has 7 nitrogen and oxygen atoms in total. The lowest BCUT2D eigenvalue weighted by Gasteiger charge is -2.27. The highest BCUT2D eigenvalue weighted by Gasteiger charge is 2.23. The lowest BCUT2D eigenvalue weighted by Crippen LogP contribution is -2.34. The summed E-state index contributed by atoms with van der Waals surface area (Å²) in [6.07, 6.45) is 3.93. The van der Waals surface area contributed by atoms with E-state index in [2.05, 4.69) is 27.2 Å². The van der Waals surface area contributed by atoms with Crippen LogP contribution in [0.15, 0.2) is 30.5 Å². The Morgan fingerprint density at radius 2 is 1.96 bits per heavy atom. The molecule has 7 heteroatoms. The second-order valence-electron chi connectivity index (χ2n) is 7.62. The predicted octanol–water partition coefficient (Wildman–Crippen LogP) is 1.98. The number of likely N-dealkylation sites (tertiary alicyclic amines) is 1. The number of nitrogens with zero attached hydrogens (tertiary/aromatic N) is 5. The van der Waals surface area contributed by atoms with Crippen molar-refractivity contribution in [2.75, 3.05) is 20.1 Å². The number of fused-ring (bicyclic) bond motifs is 1. The van der Waals surface area contributed by atoms with Gasteiger partial charge in [-0.15, -0.1) is 0 Å². The quantitative estimate of drug-likeness (QED) is 0.730. The number of piperidine rings is 1. The summed E-state index contributed by atoms with van der Waals surface area (Å²) in [6.45, 7) is 1.87. The Bertz CT molecular complexity index is 1010. The Morgan fingerprint density at radius 1 is 1.18 bits per heavy atom. The van der Waals surface area contributed by atoms with Crippen LogP contribution >= 0.6 is 0 Å². The fraction of sp³-hybridized carbons (Fsp3) is 0.429. The molecule has 146 valence electrons. The van der Waals surface area contributed by atoms with Crippen molar-refractivity contribution < 1.29 is 9.90 Å². The maximum absolute atomic E-state index is 12.7. The molecule has 0 radical (unpaired) electrons. The van der Waals surface area contributed by atoms with Crippen molar-refractivity contribution in [1.82, 2.24) is 24.9 Å². The number of carbonyl (C=O) groups excluding carboxylic acids is 1. The second kappa shape index (κ2) is 7.77. The van der Waals surface area contributed by atoms with Crippen LogP contribution in [-0.2, 0) is 24.9 Å². The summed E-state index contributed by atoms with van der Waals surface area (Å²) < 4.78 is 1.68. The van der Waals surface area contributed by atoms with Crippen LogP contribution in [0, 0.1) is 5.92 Å². The monoisotopic (exact) mass is 379 g/mol. The number of hydrogen-bond acceptors (Lipinski definition) is 6. The molecule has 0 saturated carbocycles. The zero-order valence-corrected chi connectivity index (χ0v) is 16.3. The van der Waals surface area contributed by atoms with Crippen molar-refractivity contribution in [3.8, 4) is 11.1 Å². The summed E-state index contributed by atoms with van der Waals surface area (Å²) in [4.78, 5) is 14.9. The third kappa shape index (κ3) is 3.68. The van der Waals surface area contributed by atoms with Crippen LogP contribution in [0.1, 0.15) is 24.2 Å². The van der Waals surface area contributed by atoms with E-state index in [0.717, 1.165) is 53.7 Å². The predicted molar refractivity (Wildman–Crippen MR) is 107 cm³/mol. The van der Waals surface area contributed by atoms with Crippen LogP contribution < -0.4 is 0 Å². The molecular weight excluding hydrogens is 354 g/mol. The zero-order chi connectivity index (χ0) is 19.7. The van der Waals surface area contributed by atoms with Gasteiger partial charge >= 0.3 is 0 Å². The lowest BCUT2D eigenvalue weighted by atomic mass is 9.90. The number of aliphatic hydroxyl groups excluding tert-OH is 1. The van der Waals surface area contributed by atoms with Crippen LogP contribution in [0.2, 0.25) is 0 Å². The number of hydrogen-bond donors (Lipinski definition) is 1.